The van der Waals surface area contributed by atoms with Crippen molar-refractivity contribution in [1.29, 1.82) is 5.26 Å². The molecule has 27 heavy (non-hydrogen) atoms. The Morgan fingerprint density at radius 3 is 2.33 bits per heavy atom. The van der Waals surface area contributed by atoms with E-state index in [9.17, 15) is 4.39 Å². The summed E-state index contributed by atoms with van der Waals surface area (Å²) >= 11 is 0. The summed E-state index contributed by atoms with van der Waals surface area (Å²) in [4.78, 5) is 0. The van der Waals surface area contributed by atoms with E-state index in [0.29, 0.717) is 5.56 Å². The van der Waals surface area contributed by atoms with Gasteiger partial charge in [-0.05, 0) is 41.5 Å². The van der Waals surface area contributed by atoms with E-state index in [0.717, 1.165) is 33.3 Å². The van der Waals surface area contributed by atoms with Gasteiger partial charge >= 0.3 is 0 Å². The SMILES string of the molecule is COc1ccc(-c2c(-c3ccc(C#N)cc3)n(C)c3ccccc23)cc1F. The Balaban J connectivity index is 2.04. The molecule has 0 aliphatic carbocycles. The first-order valence-corrected chi connectivity index (χ1v) is 8.56. The highest BCUT2D eigenvalue weighted by Gasteiger charge is 2.19. The molecule has 4 aromatic rings. The molecule has 0 bridgehead atoms. The minimum atomic E-state index is -0.395. The summed E-state index contributed by atoms with van der Waals surface area (Å²) in [5.74, 6) is -0.173. The maximum absolute atomic E-state index is 14.4. The fourth-order valence-electron chi connectivity index (χ4n) is 3.55. The number of hydrogen-bond acceptors (Lipinski definition) is 2. The number of para-hydroxylation sites is 1. The van der Waals surface area contributed by atoms with Gasteiger partial charge in [0, 0.05) is 23.5 Å². The second-order valence-corrected chi connectivity index (χ2v) is 6.34. The van der Waals surface area contributed by atoms with Crippen LogP contribution in [0.2, 0.25) is 0 Å². The van der Waals surface area contributed by atoms with Crippen LogP contribution in [0, 0.1) is 17.1 Å². The van der Waals surface area contributed by atoms with Crippen LogP contribution in [0.4, 0.5) is 4.39 Å². The molecule has 4 heteroatoms. The molecule has 0 amide bonds. The van der Waals surface area contributed by atoms with E-state index in [1.54, 1.807) is 18.2 Å². The van der Waals surface area contributed by atoms with Gasteiger partial charge in [0.2, 0.25) is 0 Å². The summed E-state index contributed by atoms with van der Waals surface area (Å²) in [6, 6.07) is 22.7. The Morgan fingerprint density at radius 2 is 1.67 bits per heavy atom. The maximum Gasteiger partial charge on any atom is 0.165 e. The fourth-order valence-corrected chi connectivity index (χ4v) is 3.55. The molecule has 0 radical (unpaired) electrons. The van der Waals surface area contributed by atoms with Crippen LogP contribution >= 0.6 is 0 Å². The van der Waals surface area contributed by atoms with Gasteiger partial charge in [0.15, 0.2) is 11.6 Å². The molecule has 0 fully saturated rings. The Morgan fingerprint density at radius 1 is 0.963 bits per heavy atom. The Kier molecular flexibility index (Phi) is 4.13. The van der Waals surface area contributed by atoms with Gasteiger partial charge in [-0.1, -0.05) is 36.4 Å². The molecule has 1 heterocycles. The average Bonchev–Trinajstić information content (AvgIpc) is 3.01. The van der Waals surface area contributed by atoms with E-state index in [2.05, 4.69) is 10.6 Å². The zero-order chi connectivity index (χ0) is 19.0. The van der Waals surface area contributed by atoms with Crippen molar-refractivity contribution in [1.82, 2.24) is 4.57 Å². The third-order valence-corrected chi connectivity index (χ3v) is 4.83. The first-order valence-electron chi connectivity index (χ1n) is 8.56. The van der Waals surface area contributed by atoms with Crippen molar-refractivity contribution in [3.63, 3.8) is 0 Å². The number of aryl methyl sites for hydroxylation is 1. The molecule has 4 rings (SSSR count). The number of nitrogens with zero attached hydrogens (tertiary/aromatic N) is 2. The molecule has 0 unspecified atom stereocenters. The van der Waals surface area contributed by atoms with Crippen LogP contribution in [0.3, 0.4) is 0 Å². The second kappa shape index (κ2) is 6.62. The van der Waals surface area contributed by atoms with Crippen LogP contribution in [0.1, 0.15) is 5.56 Å². The van der Waals surface area contributed by atoms with Gasteiger partial charge in [-0.2, -0.15) is 5.26 Å². The summed E-state index contributed by atoms with van der Waals surface area (Å²) in [5.41, 5.74) is 5.35. The van der Waals surface area contributed by atoms with Crippen LogP contribution in [-0.2, 0) is 7.05 Å². The lowest BCUT2D eigenvalue weighted by Gasteiger charge is -2.10. The lowest BCUT2D eigenvalue weighted by molar-refractivity contribution is 0.386. The van der Waals surface area contributed by atoms with Crippen LogP contribution in [0.25, 0.3) is 33.3 Å². The zero-order valence-electron chi connectivity index (χ0n) is 15.0. The van der Waals surface area contributed by atoms with Crippen LogP contribution in [0.5, 0.6) is 5.75 Å². The monoisotopic (exact) mass is 356 g/mol. The quantitative estimate of drug-likeness (QED) is 0.484. The van der Waals surface area contributed by atoms with E-state index in [4.69, 9.17) is 10.00 Å². The van der Waals surface area contributed by atoms with Crippen LogP contribution < -0.4 is 4.74 Å². The highest BCUT2D eigenvalue weighted by atomic mass is 19.1. The molecule has 0 saturated heterocycles. The largest absolute Gasteiger partial charge is 0.494 e. The number of aromatic nitrogens is 1. The summed E-state index contributed by atoms with van der Waals surface area (Å²) in [7, 11) is 3.46. The normalized spacial score (nSPS) is 10.7. The van der Waals surface area contributed by atoms with Crippen molar-refractivity contribution < 1.29 is 9.13 Å². The molecule has 0 atom stereocenters. The number of ether oxygens (including phenoxy) is 1. The van der Waals surface area contributed by atoms with E-state index in [1.165, 1.54) is 13.2 Å². The smallest absolute Gasteiger partial charge is 0.165 e. The predicted molar refractivity (Wildman–Crippen MR) is 105 cm³/mol. The van der Waals surface area contributed by atoms with Gasteiger partial charge in [-0.15, -0.1) is 0 Å². The molecule has 0 N–H and O–H groups in total. The van der Waals surface area contributed by atoms with Gasteiger partial charge in [-0.25, -0.2) is 4.39 Å². The van der Waals surface area contributed by atoms with E-state index in [-0.39, 0.29) is 5.75 Å². The molecule has 1 aromatic heterocycles. The van der Waals surface area contributed by atoms with Crippen molar-refractivity contribution in [2.45, 2.75) is 0 Å². The van der Waals surface area contributed by atoms with Gasteiger partial charge < -0.3 is 9.30 Å². The topological polar surface area (TPSA) is 37.9 Å². The number of rotatable bonds is 3. The molecule has 0 aliphatic heterocycles. The zero-order valence-corrected chi connectivity index (χ0v) is 15.0. The van der Waals surface area contributed by atoms with E-state index >= 15 is 0 Å². The van der Waals surface area contributed by atoms with Crippen molar-refractivity contribution in [2.24, 2.45) is 7.05 Å². The van der Waals surface area contributed by atoms with Gasteiger partial charge in [0.1, 0.15) is 0 Å². The maximum atomic E-state index is 14.4. The van der Waals surface area contributed by atoms with E-state index in [1.807, 2.05) is 49.5 Å². The van der Waals surface area contributed by atoms with Crippen LogP contribution in [-0.4, -0.2) is 11.7 Å². The lowest BCUT2D eigenvalue weighted by atomic mass is 9.97. The minimum Gasteiger partial charge on any atom is -0.494 e. The highest BCUT2D eigenvalue weighted by molar-refractivity contribution is 6.04. The number of hydrogen-bond donors (Lipinski definition) is 0. The molecule has 3 aromatic carbocycles. The number of fused-ring (bicyclic) bond motifs is 1. The minimum absolute atomic E-state index is 0.221. The number of halogens is 1. The van der Waals surface area contributed by atoms with Crippen molar-refractivity contribution in [2.75, 3.05) is 7.11 Å². The van der Waals surface area contributed by atoms with Crippen molar-refractivity contribution in [3.8, 4) is 34.2 Å². The molecule has 132 valence electrons. The molecule has 3 nitrogen and oxygen atoms in total. The van der Waals surface area contributed by atoms with Crippen LogP contribution in [0.15, 0.2) is 66.7 Å². The first kappa shape index (κ1) is 16.9. The molecule has 0 aliphatic rings. The summed E-state index contributed by atoms with van der Waals surface area (Å²) < 4.78 is 21.6. The number of nitriles is 1. The second-order valence-electron chi connectivity index (χ2n) is 6.34. The Bertz CT molecular complexity index is 1180. The van der Waals surface area contributed by atoms with Gasteiger partial charge in [-0.3, -0.25) is 0 Å². The lowest BCUT2D eigenvalue weighted by Crippen LogP contribution is -1.94. The Hall–Kier alpha value is -3.58. The first-order chi connectivity index (χ1) is 13.1. The Labute approximate surface area is 156 Å². The third kappa shape index (κ3) is 2.74. The van der Waals surface area contributed by atoms with Crippen molar-refractivity contribution in [3.05, 3.63) is 78.1 Å². The average molecular weight is 356 g/mol. The summed E-state index contributed by atoms with van der Waals surface area (Å²) in [6.45, 7) is 0. The van der Waals surface area contributed by atoms with Gasteiger partial charge in [0.05, 0.1) is 24.4 Å². The number of methoxy groups -OCH3 is 1. The molecular formula is C23H17FN2O. The molecular weight excluding hydrogens is 339 g/mol. The highest BCUT2D eigenvalue weighted by Crippen LogP contribution is 2.41. The molecule has 0 saturated carbocycles. The van der Waals surface area contributed by atoms with E-state index < -0.39 is 5.82 Å². The fraction of sp³-hybridized carbons (Fsp3) is 0.0870. The number of benzene rings is 3. The predicted octanol–water partition coefficient (Wildman–Crippen LogP) is 5.53. The van der Waals surface area contributed by atoms with Crippen molar-refractivity contribution >= 4 is 10.9 Å². The summed E-state index contributed by atoms with van der Waals surface area (Å²) in [6.07, 6.45) is 0. The van der Waals surface area contributed by atoms with Gasteiger partial charge in [0.25, 0.3) is 0 Å². The molecule has 0 spiro atoms. The third-order valence-electron chi connectivity index (χ3n) is 4.83. The summed E-state index contributed by atoms with van der Waals surface area (Å²) in [5, 5.41) is 10.1. The standard InChI is InChI=1S/C23H17FN2O/c1-26-20-6-4-3-5-18(20)22(17-11-12-21(27-2)19(24)13-17)23(26)16-9-7-15(14-25)8-10-16/h3-13H,1-2H3.